The van der Waals surface area contributed by atoms with Crippen LogP contribution in [0.15, 0.2) is 35.6 Å². The zero-order chi connectivity index (χ0) is 14.6. The van der Waals surface area contributed by atoms with Gasteiger partial charge in [-0.25, -0.2) is 13.4 Å². The third-order valence-electron chi connectivity index (χ3n) is 2.42. The van der Waals surface area contributed by atoms with Crippen LogP contribution in [0.25, 0.3) is 0 Å². The van der Waals surface area contributed by atoms with Crippen LogP contribution >= 0.6 is 11.6 Å². The second-order valence-electron chi connectivity index (χ2n) is 3.88. The Morgan fingerprint density at radius 2 is 2.30 bits per heavy atom. The Labute approximate surface area is 121 Å². The molecule has 0 aliphatic carbocycles. The van der Waals surface area contributed by atoms with Crippen LogP contribution in [0.1, 0.15) is 0 Å². The van der Waals surface area contributed by atoms with Gasteiger partial charge in [-0.05, 0) is 12.1 Å². The highest BCUT2D eigenvalue weighted by molar-refractivity contribution is 7.92. The van der Waals surface area contributed by atoms with E-state index in [0.29, 0.717) is 18.8 Å². The number of pyridine rings is 1. The van der Waals surface area contributed by atoms with Crippen molar-refractivity contribution in [3.8, 4) is 0 Å². The van der Waals surface area contributed by atoms with Crippen molar-refractivity contribution in [2.45, 2.75) is 11.4 Å². The van der Waals surface area contributed by atoms with Crippen LogP contribution in [-0.2, 0) is 21.3 Å². The van der Waals surface area contributed by atoms with Crippen molar-refractivity contribution < 1.29 is 13.2 Å². The molecule has 1 N–H and O–H groups in total. The molecule has 0 atom stereocenters. The van der Waals surface area contributed by atoms with E-state index in [2.05, 4.69) is 14.8 Å². The van der Waals surface area contributed by atoms with Crippen LogP contribution in [0.3, 0.4) is 0 Å². The van der Waals surface area contributed by atoms with Gasteiger partial charge in [-0.15, -0.1) is 0 Å². The summed E-state index contributed by atoms with van der Waals surface area (Å²) in [5, 5.41) is 3.94. The number of hydrogen-bond donors (Lipinski definition) is 1. The highest BCUT2D eigenvalue weighted by Gasteiger charge is 2.19. The quantitative estimate of drug-likeness (QED) is 0.814. The Hall–Kier alpha value is -1.64. The Balaban J connectivity index is 2.16. The van der Waals surface area contributed by atoms with Crippen molar-refractivity contribution >= 4 is 27.3 Å². The van der Waals surface area contributed by atoms with Crippen molar-refractivity contribution in [2.24, 2.45) is 0 Å². The Bertz CT molecular complexity index is 686. The fourth-order valence-corrected chi connectivity index (χ4v) is 2.99. The summed E-state index contributed by atoms with van der Waals surface area (Å²) in [5.74, 6) is 0. The Morgan fingerprint density at radius 3 is 3.00 bits per heavy atom. The highest BCUT2D eigenvalue weighted by atomic mass is 35.5. The molecule has 0 radical (unpaired) electrons. The maximum Gasteiger partial charge on any atom is 0.265 e. The van der Waals surface area contributed by atoms with Crippen LogP contribution < -0.4 is 4.72 Å². The average molecular weight is 317 g/mol. The number of nitrogens with zero attached hydrogens (tertiary/aromatic N) is 3. The molecule has 0 fully saturated rings. The van der Waals surface area contributed by atoms with Gasteiger partial charge in [-0.2, -0.15) is 5.10 Å². The summed E-state index contributed by atoms with van der Waals surface area (Å²) < 4.78 is 33.2. The van der Waals surface area contributed by atoms with Crippen molar-refractivity contribution in [3.05, 3.63) is 35.9 Å². The summed E-state index contributed by atoms with van der Waals surface area (Å²) in [7, 11) is -2.20. The first kappa shape index (κ1) is 14.8. The smallest absolute Gasteiger partial charge is 0.265 e. The molecule has 2 aromatic heterocycles. The molecule has 0 unspecified atom stereocenters. The van der Waals surface area contributed by atoms with Crippen molar-refractivity contribution in [3.63, 3.8) is 0 Å². The fraction of sp³-hybridized carbons (Fsp3) is 0.273. The topological polar surface area (TPSA) is 86.1 Å². The molecule has 0 aliphatic heterocycles. The van der Waals surface area contributed by atoms with Gasteiger partial charge in [0.15, 0.2) is 0 Å². The molecule has 9 heteroatoms. The normalized spacial score (nSPS) is 11.5. The minimum Gasteiger partial charge on any atom is -0.383 e. The van der Waals surface area contributed by atoms with Gasteiger partial charge in [0, 0.05) is 19.5 Å². The molecule has 0 aliphatic rings. The lowest BCUT2D eigenvalue weighted by Gasteiger charge is -2.06. The van der Waals surface area contributed by atoms with E-state index in [1.165, 1.54) is 24.5 Å². The van der Waals surface area contributed by atoms with Crippen LogP contribution in [0.4, 0.5) is 5.69 Å². The lowest BCUT2D eigenvalue weighted by atomic mass is 10.5. The molecule has 0 bridgehead atoms. The Kier molecular flexibility index (Phi) is 4.58. The predicted molar refractivity (Wildman–Crippen MR) is 74.2 cm³/mol. The fourth-order valence-electron chi connectivity index (χ4n) is 1.51. The number of rotatable bonds is 6. The minimum absolute atomic E-state index is 0.0771. The number of methoxy groups -OCH3 is 1. The first-order valence-corrected chi connectivity index (χ1v) is 7.54. The number of halogens is 1. The molecule has 108 valence electrons. The molecule has 2 aromatic rings. The van der Waals surface area contributed by atoms with E-state index in [9.17, 15) is 8.42 Å². The van der Waals surface area contributed by atoms with Crippen LogP contribution in [0.5, 0.6) is 0 Å². The van der Waals surface area contributed by atoms with Crippen LogP contribution in [0.2, 0.25) is 5.15 Å². The molecular formula is C11H13ClN4O3S. The molecule has 0 amide bonds. The summed E-state index contributed by atoms with van der Waals surface area (Å²) in [5.41, 5.74) is 0.348. The second-order valence-corrected chi connectivity index (χ2v) is 5.89. The summed E-state index contributed by atoms with van der Waals surface area (Å²) in [6, 6.07) is 2.88. The molecule has 2 heterocycles. The minimum atomic E-state index is -3.78. The van der Waals surface area contributed by atoms with Crippen LogP contribution in [-0.4, -0.2) is 36.9 Å². The lowest BCUT2D eigenvalue weighted by Crippen LogP contribution is -2.13. The van der Waals surface area contributed by atoms with Crippen molar-refractivity contribution in [2.75, 3.05) is 18.4 Å². The molecule has 0 saturated carbocycles. The summed E-state index contributed by atoms with van der Waals surface area (Å²) in [6.07, 6.45) is 4.41. The Morgan fingerprint density at radius 1 is 1.50 bits per heavy atom. The molecule has 2 rings (SSSR count). The van der Waals surface area contributed by atoms with Crippen LogP contribution in [0, 0.1) is 0 Å². The van der Waals surface area contributed by atoms with Gasteiger partial charge in [-0.3, -0.25) is 9.40 Å². The number of sulfonamides is 1. The maximum absolute atomic E-state index is 12.1. The van der Waals surface area contributed by atoms with E-state index in [1.807, 2.05) is 0 Å². The number of aromatic nitrogens is 3. The lowest BCUT2D eigenvalue weighted by molar-refractivity contribution is 0.183. The molecule has 20 heavy (non-hydrogen) atoms. The second kappa shape index (κ2) is 6.21. The maximum atomic E-state index is 12.1. The largest absolute Gasteiger partial charge is 0.383 e. The van der Waals surface area contributed by atoms with Gasteiger partial charge >= 0.3 is 0 Å². The van der Waals surface area contributed by atoms with Crippen molar-refractivity contribution in [1.29, 1.82) is 0 Å². The molecule has 0 spiro atoms. The number of hydrogen-bond acceptors (Lipinski definition) is 5. The van der Waals surface area contributed by atoms with Crippen molar-refractivity contribution in [1.82, 2.24) is 14.8 Å². The number of ether oxygens (including phenoxy) is 1. The van der Waals surface area contributed by atoms with Gasteiger partial charge in [-0.1, -0.05) is 11.6 Å². The van der Waals surface area contributed by atoms with E-state index >= 15 is 0 Å². The van der Waals surface area contributed by atoms with Gasteiger partial charge in [0.1, 0.15) is 10.0 Å². The van der Waals surface area contributed by atoms with E-state index in [4.69, 9.17) is 16.3 Å². The van der Waals surface area contributed by atoms with E-state index in [-0.39, 0.29) is 10.0 Å². The first-order chi connectivity index (χ1) is 9.53. The third-order valence-corrected chi connectivity index (χ3v) is 4.25. The zero-order valence-corrected chi connectivity index (χ0v) is 12.2. The number of anilines is 1. The zero-order valence-electron chi connectivity index (χ0n) is 10.7. The number of nitrogens with one attached hydrogen (secondary N) is 1. The van der Waals surface area contributed by atoms with Gasteiger partial charge in [0.05, 0.1) is 25.0 Å². The van der Waals surface area contributed by atoms with E-state index < -0.39 is 10.0 Å². The molecule has 7 nitrogen and oxygen atoms in total. The van der Waals surface area contributed by atoms with Gasteiger partial charge < -0.3 is 4.74 Å². The first-order valence-electron chi connectivity index (χ1n) is 5.67. The summed E-state index contributed by atoms with van der Waals surface area (Å²) >= 11 is 5.78. The summed E-state index contributed by atoms with van der Waals surface area (Å²) in [6.45, 7) is 1.02. The predicted octanol–water partition coefficient (Wildman–Crippen LogP) is 1.38. The third kappa shape index (κ3) is 3.47. The molecule has 0 saturated heterocycles. The van der Waals surface area contributed by atoms with Gasteiger partial charge in [0.25, 0.3) is 10.0 Å². The SMILES string of the molecule is COCCn1cc(NS(=O)(=O)c2cccnc2Cl)cn1. The van der Waals surface area contributed by atoms with E-state index in [0.717, 1.165) is 0 Å². The van der Waals surface area contributed by atoms with E-state index in [1.54, 1.807) is 18.0 Å². The average Bonchev–Trinajstić information content (AvgIpc) is 2.83. The molecular weight excluding hydrogens is 304 g/mol. The monoisotopic (exact) mass is 316 g/mol. The standard InChI is InChI=1S/C11H13ClN4O3S/c1-19-6-5-16-8-9(7-14-16)15-20(17,18)10-3-2-4-13-11(10)12/h2-4,7-8,15H,5-6H2,1H3. The summed E-state index contributed by atoms with van der Waals surface area (Å²) in [4.78, 5) is 3.66. The highest BCUT2D eigenvalue weighted by Crippen LogP contribution is 2.20. The van der Waals surface area contributed by atoms with Gasteiger partial charge in [0.2, 0.25) is 0 Å². The molecule has 0 aromatic carbocycles.